The molecular weight excluding hydrogens is 154 g/mol. The van der Waals surface area contributed by atoms with Gasteiger partial charge in [-0.1, -0.05) is 19.8 Å². The molecule has 0 aliphatic carbocycles. The summed E-state index contributed by atoms with van der Waals surface area (Å²) in [6, 6.07) is 0. The molecule has 0 fully saturated rings. The molecule has 3 nitrogen and oxygen atoms in total. The number of ether oxygens (including phenoxy) is 1. The van der Waals surface area contributed by atoms with E-state index in [1.54, 1.807) is 0 Å². The Bertz CT molecular complexity index is 134. The molecule has 70 valence electrons. The van der Waals surface area contributed by atoms with Crippen LogP contribution < -0.4 is 0 Å². The van der Waals surface area contributed by atoms with Gasteiger partial charge in [0.15, 0.2) is 0 Å². The molecule has 0 aliphatic heterocycles. The maximum atomic E-state index is 10.8. The fraction of sp³-hybridized carbons (Fsp3) is 0.778. The molecule has 0 heterocycles. The van der Waals surface area contributed by atoms with Gasteiger partial charge in [-0.25, -0.2) is 0 Å². The maximum Gasteiger partial charge on any atom is 0.306 e. The number of carbonyl (C=O) groups excluding carboxylic acids is 1. The van der Waals surface area contributed by atoms with Crippen molar-refractivity contribution in [2.75, 3.05) is 6.61 Å². The third kappa shape index (κ3) is 7.25. The Morgan fingerprint density at radius 3 is 2.83 bits per heavy atom. The molecule has 12 heavy (non-hydrogen) atoms. The highest BCUT2D eigenvalue weighted by atomic mass is 16.5. The van der Waals surface area contributed by atoms with E-state index in [1.165, 1.54) is 6.21 Å². The van der Waals surface area contributed by atoms with Crippen LogP contribution in [0, 0.1) is 5.41 Å². The first-order valence-electron chi connectivity index (χ1n) is 4.45. The normalized spacial score (nSPS) is 9.42. The van der Waals surface area contributed by atoms with Crippen molar-refractivity contribution < 1.29 is 9.53 Å². The Morgan fingerprint density at radius 2 is 2.25 bits per heavy atom. The predicted octanol–water partition coefficient (Wildman–Crippen LogP) is 2.15. The van der Waals surface area contributed by atoms with E-state index in [4.69, 9.17) is 10.1 Å². The Morgan fingerprint density at radius 1 is 1.50 bits per heavy atom. The van der Waals surface area contributed by atoms with E-state index in [-0.39, 0.29) is 5.97 Å². The zero-order valence-corrected chi connectivity index (χ0v) is 7.64. The predicted molar refractivity (Wildman–Crippen MR) is 48.5 cm³/mol. The summed E-state index contributed by atoms with van der Waals surface area (Å²) < 4.78 is 4.90. The highest BCUT2D eigenvalue weighted by Gasteiger charge is 1.99. The summed E-state index contributed by atoms with van der Waals surface area (Å²) >= 11 is 0. The lowest BCUT2D eigenvalue weighted by molar-refractivity contribution is -0.143. The van der Waals surface area contributed by atoms with Crippen molar-refractivity contribution in [3.8, 4) is 0 Å². The lowest BCUT2D eigenvalue weighted by Crippen LogP contribution is -2.05. The van der Waals surface area contributed by atoms with Gasteiger partial charge in [-0.3, -0.25) is 4.79 Å². The number of rotatable bonds is 7. The van der Waals surface area contributed by atoms with E-state index in [1.807, 2.05) is 0 Å². The van der Waals surface area contributed by atoms with E-state index >= 15 is 0 Å². The van der Waals surface area contributed by atoms with Crippen LogP contribution in [0.4, 0.5) is 0 Å². The van der Waals surface area contributed by atoms with Crippen molar-refractivity contribution in [1.29, 1.82) is 5.41 Å². The Labute approximate surface area is 73.6 Å². The zero-order chi connectivity index (χ0) is 9.23. The van der Waals surface area contributed by atoms with E-state index in [9.17, 15) is 4.79 Å². The lowest BCUT2D eigenvalue weighted by Gasteiger charge is -2.01. The number of hydrogen-bond acceptors (Lipinski definition) is 3. The van der Waals surface area contributed by atoms with Gasteiger partial charge in [0.05, 0.1) is 13.0 Å². The molecule has 0 aromatic heterocycles. The Hall–Kier alpha value is -0.860. The molecule has 0 aliphatic rings. The molecule has 0 bridgehead atoms. The molecule has 0 aromatic rings. The summed E-state index contributed by atoms with van der Waals surface area (Å²) in [6.07, 6.45) is 5.26. The molecule has 0 radical (unpaired) electrons. The average molecular weight is 171 g/mol. The summed E-state index contributed by atoms with van der Waals surface area (Å²) in [7, 11) is 0. The molecular formula is C9H17NO2. The van der Waals surface area contributed by atoms with Crippen LogP contribution in [0.2, 0.25) is 0 Å². The van der Waals surface area contributed by atoms with E-state index < -0.39 is 0 Å². The van der Waals surface area contributed by atoms with Crippen molar-refractivity contribution in [2.24, 2.45) is 0 Å². The molecule has 0 saturated carbocycles. The highest BCUT2D eigenvalue weighted by Crippen LogP contribution is 1.96. The zero-order valence-electron chi connectivity index (χ0n) is 7.64. The fourth-order valence-electron chi connectivity index (χ4n) is 0.800. The molecule has 3 heteroatoms. The van der Waals surface area contributed by atoms with Gasteiger partial charge in [0, 0.05) is 0 Å². The number of carbonyl (C=O) groups is 1. The first-order chi connectivity index (χ1) is 5.81. The summed E-state index contributed by atoms with van der Waals surface area (Å²) in [6.45, 7) is 2.64. The van der Waals surface area contributed by atoms with Gasteiger partial charge >= 0.3 is 5.97 Å². The van der Waals surface area contributed by atoms with Gasteiger partial charge < -0.3 is 10.1 Å². The van der Waals surface area contributed by atoms with Crippen LogP contribution in [0.3, 0.4) is 0 Å². The maximum absolute atomic E-state index is 10.8. The molecule has 0 unspecified atom stereocenters. The first-order valence-corrected chi connectivity index (χ1v) is 4.45. The number of nitrogens with one attached hydrogen (secondary N) is 1. The van der Waals surface area contributed by atoms with Crippen LogP contribution in [-0.4, -0.2) is 18.8 Å². The van der Waals surface area contributed by atoms with E-state index in [0.29, 0.717) is 19.4 Å². The number of esters is 1. The van der Waals surface area contributed by atoms with Crippen LogP contribution in [0.5, 0.6) is 0 Å². The van der Waals surface area contributed by atoms with Crippen LogP contribution >= 0.6 is 0 Å². The molecule has 0 aromatic carbocycles. The average Bonchev–Trinajstić information content (AvgIpc) is 2.09. The van der Waals surface area contributed by atoms with Gasteiger partial charge in [-0.15, -0.1) is 0 Å². The smallest absolute Gasteiger partial charge is 0.306 e. The van der Waals surface area contributed by atoms with Crippen molar-refractivity contribution >= 4 is 12.2 Å². The molecule has 0 rings (SSSR count). The lowest BCUT2D eigenvalue weighted by atomic mass is 10.3. The second-order valence-electron chi connectivity index (χ2n) is 2.67. The quantitative estimate of drug-likeness (QED) is 0.362. The minimum atomic E-state index is -0.186. The van der Waals surface area contributed by atoms with Gasteiger partial charge in [0.2, 0.25) is 0 Å². The topological polar surface area (TPSA) is 50.2 Å². The SMILES string of the molecule is CCCCCOC(=O)CCC=N. The van der Waals surface area contributed by atoms with Crippen LogP contribution in [0.25, 0.3) is 0 Å². The Balaban J connectivity index is 3.13. The second kappa shape index (κ2) is 8.24. The minimum absolute atomic E-state index is 0.186. The monoisotopic (exact) mass is 171 g/mol. The fourth-order valence-corrected chi connectivity index (χ4v) is 0.800. The standard InChI is InChI=1S/C9H17NO2/c1-2-3-4-8-12-9(11)6-5-7-10/h7,10H,2-6,8H2,1H3. The summed E-state index contributed by atoms with van der Waals surface area (Å²) in [5.74, 6) is -0.186. The van der Waals surface area contributed by atoms with Gasteiger partial charge in [-0.05, 0) is 19.1 Å². The van der Waals surface area contributed by atoms with Crippen molar-refractivity contribution in [3.05, 3.63) is 0 Å². The largest absolute Gasteiger partial charge is 0.466 e. The second-order valence-corrected chi connectivity index (χ2v) is 2.67. The summed E-state index contributed by atoms with van der Waals surface area (Å²) in [5.41, 5.74) is 0. The van der Waals surface area contributed by atoms with Gasteiger partial charge in [0.25, 0.3) is 0 Å². The van der Waals surface area contributed by atoms with Crippen molar-refractivity contribution in [2.45, 2.75) is 39.0 Å². The minimum Gasteiger partial charge on any atom is -0.466 e. The van der Waals surface area contributed by atoms with Crippen LogP contribution in [-0.2, 0) is 9.53 Å². The van der Waals surface area contributed by atoms with E-state index in [2.05, 4.69) is 6.92 Å². The van der Waals surface area contributed by atoms with Crippen molar-refractivity contribution in [1.82, 2.24) is 0 Å². The number of unbranched alkanes of at least 4 members (excludes halogenated alkanes) is 2. The third-order valence-corrected chi connectivity index (χ3v) is 1.50. The first kappa shape index (κ1) is 11.1. The van der Waals surface area contributed by atoms with E-state index in [0.717, 1.165) is 19.3 Å². The molecule has 1 N–H and O–H groups in total. The summed E-state index contributed by atoms with van der Waals surface area (Å²) in [4.78, 5) is 10.8. The Kier molecular flexibility index (Phi) is 7.65. The molecule has 0 amide bonds. The molecule has 0 saturated heterocycles. The molecule has 0 spiro atoms. The van der Waals surface area contributed by atoms with Crippen LogP contribution in [0.1, 0.15) is 39.0 Å². The third-order valence-electron chi connectivity index (χ3n) is 1.50. The van der Waals surface area contributed by atoms with Crippen molar-refractivity contribution in [3.63, 3.8) is 0 Å². The van der Waals surface area contributed by atoms with Gasteiger partial charge in [0.1, 0.15) is 0 Å². The highest BCUT2D eigenvalue weighted by molar-refractivity contribution is 5.72. The van der Waals surface area contributed by atoms with Crippen LogP contribution in [0.15, 0.2) is 0 Å². The van der Waals surface area contributed by atoms with Gasteiger partial charge in [-0.2, -0.15) is 0 Å². The number of hydrogen-bond donors (Lipinski definition) is 1. The molecule has 0 atom stereocenters. The summed E-state index contributed by atoms with van der Waals surface area (Å²) in [5, 5.41) is 6.71.